The predicted molar refractivity (Wildman–Crippen MR) is 137 cm³/mol. The number of aryl methyl sites for hydroxylation is 1. The Morgan fingerprint density at radius 1 is 0.947 bits per heavy atom. The van der Waals surface area contributed by atoms with E-state index in [-0.39, 0.29) is 12.5 Å². The van der Waals surface area contributed by atoms with Crippen molar-refractivity contribution in [3.05, 3.63) is 77.0 Å². The Balaban J connectivity index is 1.62. The molecule has 0 spiro atoms. The summed E-state index contributed by atoms with van der Waals surface area (Å²) in [6.45, 7) is 5.37. The number of hydrogen-bond donors (Lipinski definition) is 3. The Hall–Kier alpha value is -3.44. The molecule has 5 atom stereocenters. The van der Waals surface area contributed by atoms with Gasteiger partial charge in [-0.1, -0.05) is 49.4 Å². The Kier molecular flexibility index (Phi) is 9.01. The molecule has 1 aliphatic heterocycles. The maximum absolute atomic E-state index is 11.6. The van der Waals surface area contributed by atoms with Crippen LogP contribution in [-0.2, 0) is 27.1 Å². The van der Waals surface area contributed by atoms with Crippen LogP contribution in [0.2, 0.25) is 0 Å². The van der Waals surface area contributed by atoms with Crippen LogP contribution >= 0.6 is 0 Å². The summed E-state index contributed by atoms with van der Waals surface area (Å²) in [5.74, 6) is 0.212. The number of carbonyl (C=O) groups excluding carboxylic acids is 1. The number of benzene rings is 2. The Labute approximate surface area is 221 Å². The normalized spacial score (nSPS) is 23.2. The molecule has 0 aliphatic carbocycles. The zero-order valence-electron chi connectivity index (χ0n) is 21.7. The summed E-state index contributed by atoms with van der Waals surface area (Å²) >= 11 is 0. The van der Waals surface area contributed by atoms with E-state index in [4.69, 9.17) is 18.9 Å². The van der Waals surface area contributed by atoms with Crippen molar-refractivity contribution < 1.29 is 39.1 Å². The molecule has 4 rings (SSSR count). The van der Waals surface area contributed by atoms with Crippen LogP contribution in [0.15, 0.2) is 54.6 Å². The van der Waals surface area contributed by atoms with Crippen LogP contribution in [-0.4, -0.2) is 75.2 Å². The molecule has 0 amide bonds. The van der Waals surface area contributed by atoms with Crippen molar-refractivity contribution in [2.24, 2.45) is 0 Å². The first-order valence-corrected chi connectivity index (χ1v) is 12.7. The molecule has 0 saturated carbocycles. The van der Waals surface area contributed by atoms with Gasteiger partial charge in [0.15, 0.2) is 0 Å². The molecule has 1 fully saturated rings. The smallest absolute Gasteiger partial charge is 0.443 e. The van der Waals surface area contributed by atoms with Gasteiger partial charge in [0, 0.05) is 17.7 Å². The zero-order chi connectivity index (χ0) is 27.2. The fourth-order valence-electron chi connectivity index (χ4n) is 4.30. The van der Waals surface area contributed by atoms with Gasteiger partial charge in [-0.3, -0.25) is 0 Å². The van der Waals surface area contributed by atoms with Crippen LogP contribution in [0.3, 0.4) is 0 Å². The standard InChI is InChI=1S/C28H34N2O8/c1-4-18-11-13-19(14-12-18)15-21-17(3)30(20-9-7-6-8-10-20)29-26(21)38-27-25(33)24(32)23(31)22(37-27)16-36-28(34)35-5-2/h6-14,22-25,27,31-33H,4-5,15-16H2,1-3H3/t22-,23-,24+,25-,27?/m1/s1. The molecule has 1 aliphatic rings. The lowest BCUT2D eigenvalue weighted by Crippen LogP contribution is -2.60. The number of aliphatic hydroxyl groups excluding tert-OH is 3. The number of para-hydroxylation sites is 1. The van der Waals surface area contributed by atoms with Crippen molar-refractivity contribution in [1.82, 2.24) is 9.78 Å². The summed E-state index contributed by atoms with van der Waals surface area (Å²) < 4.78 is 23.2. The third-order valence-corrected chi connectivity index (χ3v) is 6.54. The van der Waals surface area contributed by atoms with Gasteiger partial charge in [0.25, 0.3) is 0 Å². The average molecular weight is 527 g/mol. The number of ether oxygens (including phenoxy) is 4. The molecule has 1 aromatic heterocycles. The van der Waals surface area contributed by atoms with E-state index in [1.807, 2.05) is 37.3 Å². The average Bonchev–Trinajstić information content (AvgIpc) is 3.23. The third kappa shape index (κ3) is 6.16. The number of aliphatic hydroxyl groups is 3. The highest BCUT2D eigenvalue weighted by molar-refractivity contribution is 5.59. The van der Waals surface area contributed by atoms with E-state index in [9.17, 15) is 20.1 Å². The van der Waals surface area contributed by atoms with Gasteiger partial charge < -0.3 is 34.3 Å². The molecule has 10 nitrogen and oxygen atoms in total. The summed E-state index contributed by atoms with van der Waals surface area (Å²) in [7, 11) is 0. The fourth-order valence-corrected chi connectivity index (χ4v) is 4.30. The molecule has 2 aromatic carbocycles. The van der Waals surface area contributed by atoms with E-state index in [1.54, 1.807) is 11.6 Å². The maximum atomic E-state index is 11.6. The van der Waals surface area contributed by atoms with Crippen molar-refractivity contribution in [2.75, 3.05) is 13.2 Å². The number of carbonyl (C=O) groups is 1. The predicted octanol–water partition coefficient (Wildman–Crippen LogP) is 2.69. The van der Waals surface area contributed by atoms with Crippen LogP contribution in [0.1, 0.15) is 36.2 Å². The second kappa shape index (κ2) is 12.4. The highest BCUT2D eigenvalue weighted by atomic mass is 16.7. The van der Waals surface area contributed by atoms with Gasteiger partial charge in [0.1, 0.15) is 31.0 Å². The van der Waals surface area contributed by atoms with Gasteiger partial charge in [0.2, 0.25) is 12.2 Å². The number of aromatic nitrogens is 2. The van der Waals surface area contributed by atoms with Gasteiger partial charge in [-0.25, -0.2) is 9.48 Å². The first kappa shape index (κ1) is 27.6. The molecule has 2 heterocycles. The van der Waals surface area contributed by atoms with Crippen molar-refractivity contribution in [1.29, 1.82) is 0 Å². The van der Waals surface area contributed by atoms with Gasteiger partial charge in [0.05, 0.1) is 12.3 Å². The Morgan fingerprint density at radius 2 is 1.63 bits per heavy atom. The summed E-state index contributed by atoms with van der Waals surface area (Å²) in [4.78, 5) is 11.6. The first-order valence-electron chi connectivity index (χ1n) is 12.7. The van der Waals surface area contributed by atoms with Crippen molar-refractivity contribution in [3.8, 4) is 11.6 Å². The van der Waals surface area contributed by atoms with E-state index in [0.717, 1.165) is 28.9 Å². The number of rotatable bonds is 9. The van der Waals surface area contributed by atoms with Crippen LogP contribution in [0.25, 0.3) is 5.69 Å². The molecule has 1 saturated heterocycles. The topological polar surface area (TPSA) is 132 Å². The monoisotopic (exact) mass is 526 g/mol. The molecule has 38 heavy (non-hydrogen) atoms. The van der Waals surface area contributed by atoms with Crippen LogP contribution in [0.4, 0.5) is 4.79 Å². The van der Waals surface area contributed by atoms with Crippen LogP contribution in [0, 0.1) is 6.92 Å². The van der Waals surface area contributed by atoms with E-state index in [1.165, 1.54) is 5.56 Å². The van der Waals surface area contributed by atoms with Crippen molar-refractivity contribution in [3.63, 3.8) is 0 Å². The van der Waals surface area contributed by atoms with Gasteiger partial charge in [-0.15, -0.1) is 5.10 Å². The lowest BCUT2D eigenvalue weighted by atomic mass is 9.99. The van der Waals surface area contributed by atoms with E-state index in [0.29, 0.717) is 6.42 Å². The van der Waals surface area contributed by atoms with E-state index < -0.39 is 43.5 Å². The van der Waals surface area contributed by atoms with Gasteiger partial charge >= 0.3 is 6.16 Å². The second-order valence-electron chi connectivity index (χ2n) is 9.09. The molecule has 204 valence electrons. The quantitative estimate of drug-likeness (QED) is 0.360. The molecule has 10 heteroatoms. The van der Waals surface area contributed by atoms with Crippen molar-refractivity contribution >= 4 is 6.16 Å². The Morgan fingerprint density at radius 3 is 2.29 bits per heavy atom. The molecule has 0 bridgehead atoms. The SMILES string of the molecule is CCOC(=O)OC[C@H]1OC(Oc2nn(-c3ccccc3)c(C)c2Cc2ccc(CC)cc2)[C@H](O)[C@@H](O)[C@@H]1O. The largest absolute Gasteiger partial charge is 0.508 e. The number of hydrogen-bond acceptors (Lipinski definition) is 9. The van der Waals surface area contributed by atoms with Gasteiger partial charge in [-0.2, -0.15) is 0 Å². The van der Waals surface area contributed by atoms with E-state index >= 15 is 0 Å². The third-order valence-electron chi connectivity index (χ3n) is 6.54. The molecule has 1 unspecified atom stereocenters. The second-order valence-corrected chi connectivity index (χ2v) is 9.09. The molecule has 0 radical (unpaired) electrons. The van der Waals surface area contributed by atoms with Crippen LogP contribution < -0.4 is 4.74 Å². The minimum Gasteiger partial charge on any atom is -0.443 e. The highest BCUT2D eigenvalue weighted by Crippen LogP contribution is 2.31. The van der Waals surface area contributed by atoms with Crippen LogP contribution in [0.5, 0.6) is 5.88 Å². The summed E-state index contributed by atoms with van der Waals surface area (Å²) in [6, 6.07) is 17.8. The summed E-state index contributed by atoms with van der Waals surface area (Å²) in [5, 5.41) is 36.2. The lowest BCUT2D eigenvalue weighted by Gasteiger charge is -2.39. The minimum absolute atomic E-state index is 0.118. The lowest BCUT2D eigenvalue weighted by molar-refractivity contribution is -0.278. The molecular formula is C28H34N2O8. The van der Waals surface area contributed by atoms with Gasteiger partial charge in [-0.05, 0) is 43.5 Å². The molecule has 3 N–H and O–H groups in total. The minimum atomic E-state index is -1.60. The first-order chi connectivity index (χ1) is 18.3. The number of nitrogens with zero attached hydrogens (tertiary/aromatic N) is 2. The molecule has 3 aromatic rings. The maximum Gasteiger partial charge on any atom is 0.508 e. The van der Waals surface area contributed by atoms with E-state index in [2.05, 4.69) is 36.3 Å². The Bertz CT molecular complexity index is 1200. The molecular weight excluding hydrogens is 492 g/mol. The zero-order valence-corrected chi connectivity index (χ0v) is 21.7. The summed E-state index contributed by atoms with van der Waals surface area (Å²) in [5.41, 5.74) is 4.70. The fraction of sp³-hybridized carbons (Fsp3) is 0.429. The summed E-state index contributed by atoms with van der Waals surface area (Å²) in [6.07, 6.45) is -6.74. The van der Waals surface area contributed by atoms with Crippen molar-refractivity contribution in [2.45, 2.75) is 64.3 Å². The highest BCUT2D eigenvalue weighted by Gasteiger charge is 2.46.